The Morgan fingerprint density at radius 1 is 1.13 bits per heavy atom. The molecule has 2 heterocycles. The van der Waals surface area contributed by atoms with Crippen molar-refractivity contribution in [2.45, 2.75) is 53.4 Å². The summed E-state index contributed by atoms with van der Waals surface area (Å²) in [6.45, 7) is 8.00. The van der Waals surface area contributed by atoms with E-state index >= 15 is 0 Å². The first kappa shape index (κ1) is 17.1. The molecule has 0 aliphatic rings. The second-order valence-corrected chi connectivity index (χ2v) is 5.74. The molecule has 0 spiro atoms. The minimum Gasteiger partial charge on any atom is -0.461 e. The van der Waals surface area contributed by atoms with Gasteiger partial charge >= 0.3 is 5.97 Å². The summed E-state index contributed by atoms with van der Waals surface area (Å²) < 4.78 is 5.08. The van der Waals surface area contributed by atoms with Crippen molar-refractivity contribution in [2.75, 3.05) is 6.61 Å². The summed E-state index contributed by atoms with van der Waals surface area (Å²) in [7, 11) is 0. The summed E-state index contributed by atoms with van der Waals surface area (Å²) in [5, 5.41) is 5.64. The number of unbranched alkanes of at least 4 members (excludes halogenated alkanes) is 2. The fraction of sp³-hybridized carbons (Fsp3) is 0.529. The molecule has 23 heavy (non-hydrogen) atoms. The number of hydrogen-bond acceptors (Lipinski definition) is 3. The van der Waals surface area contributed by atoms with Gasteiger partial charge in [-0.1, -0.05) is 19.8 Å². The molecule has 0 saturated carbocycles. The first-order chi connectivity index (χ1) is 11.0. The maximum atomic E-state index is 12.1. The molecule has 6 nitrogen and oxygen atoms in total. The highest BCUT2D eigenvalue weighted by molar-refractivity contribution is 5.92. The SMILES string of the molecule is CCCCCc1c(-c2c(C)[nH]c(C(=O)OCC)c2C)[nH][nH]c1=O. The maximum Gasteiger partial charge on any atom is 0.355 e. The Bertz CT molecular complexity index is 737. The average Bonchev–Trinajstić information content (AvgIpc) is 3.00. The summed E-state index contributed by atoms with van der Waals surface area (Å²) in [4.78, 5) is 27.2. The summed E-state index contributed by atoms with van der Waals surface area (Å²) in [6.07, 6.45) is 3.88. The molecule has 2 rings (SSSR count). The van der Waals surface area contributed by atoms with E-state index < -0.39 is 0 Å². The molecule has 0 atom stereocenters. The molecule has 0 radical (unpaired) electrons. The van der Waals surface area contributed by atoms with E-state index in [9.17, 15) is 9.59 Å². The van der Waals surface area contributed by atoms with Crippen LogP contribution in [0.1, 0.15) is 60.4 Å². The second-order valence-electron chi connectivity index (χ2n) is 5.74. The summed E-state index contributed by atoms with van der Waals surface area (Å²) in [5.41, 5.74) is 4.39. The number of hydrogen-bond donors (Lipinski definition) is 3. The number of carbonyl (C=O) groups excluding carboxylic acids is 1. The van der Waals surface area contributed by atoms with Crippen LogP contribution >= 0.6 is 0 Å². The quantitative estimate of drug-likeness (QED) is 0.540. The number of carbonyl (C=O) groups is 1. The van der Waals surface area contributed by atoms with Crippen molar-refractivity contribution in [3.63, 3.8) is 0 Å². The van der Waals surface area contributed by atoms with Gasteiger partial charge in [0.25, 0.3) is 5.56 Å². The monoisotopic (exact) mass is 319 g/mol. The highest BCUT2D eigenvalue weighted by atomic mass is 16.5. The van der Waals surface area contributed by atoms with Crippen molar-refractivity contribution in [1.82, 2.24) is 15.2 Å². The van der Waals surface area contributed by atoms with Crippen molar-refractivity contribution < 1.29 is 9.53 Å². The third-order valence-corrected chi connectivity index (χ3v) is 4.07. The van der Waals surface area contributed by atoms with Crippen molar-refractivity contribution >= 4 is 5.97 Å². The smallest absolute Gasteiger partial charge is 0.355 e. The lowest BCUT2D eigenvalue weighted by molar-refractivity contribution is 0.0519. The van der Waals surface area contributed by atoms with Crippen LogP contribution in [0.3, 0.4) is 0 Å². The van der Waals surface area contributed by atoms with E-state index in [1.165, 1.54) is 0 Å². The molecule has 126 valence electrons. The van der Waals surface area contributed by atoms with Gasteiger partial charge in [0.2, 0.25) is 0 Å². The molecule has 0 amide bonds. The number of ether oxygens (including phenoxy) is 1. The van der Waals surface area contributed by atoms with Crippen LogP contribution in [0.5, 0.6) is 0 Å². The van der Waals surface area contributed by atoms with Crippen LogP contribution in [0.15, 0.2) is 4.79 Å². The van der Waals surface area contributed by atoms with Crippen LogP contribution in [-0.4, -0.2) is 27.8 Å². The third-order valence-electron chi connectivity index (χ3n) is 4.07. The predicted molar refractivity (Wildman–Crippen MR) is 89.9 cm³/mol. The largest absolute Gasteiger partial charge is 0.461 e. The Kier molecular flexibility index (Phi) is 5.47. The highest BCUT2D eigenvalue weighted by Crippen LogP contribution is 2.30. The Hall–Kier alpha value is -2.24. The average molecular weight is 319 g/mol. The minimum atomic E-state index is -0.371. The van der Waals surface area contributed by atoms with Gasteiger partial charge < -0.3 is 9.72 Å². The first-order valence-electron chi connectivity index (χ1n) is 8.17. The van der Waals surface area contributed by atoms with E-state index in [0.717, 1.165) is 53.8 Å². The second kappa shape index (κ2) is 7.35. The summed E-state index contributed by atoms with van der Waals surface area (Å²) in [6, 6.07) is 0. The topological polar surface area (TPSA) is 90.7 Å². The normalized spacial score (nSPS) is 11.0. The molecule has 6 heteroatoms. The van der Waals surface area contributed by atoms with Crippen LogP contribution in [0.2, 0.25) is 0 Å². The lowest BCUT2D eigenvalue weighted by Gasteiger charge is -2.04. The molecular weight excluding hydrogens is 294 g/mol. The zero-order valence-electron chi connectivity index (χ0n) is 14.3. The van der Waals surface area contributed by atoms with Crippen molar-refractivity contribution in [1.29, 1.82) is 0 Å². The van der Waals surface area contributed by atoms with Gasteiger partial charge in [0.1, 0.15) is 5.69 Å². The summed E-state index contributed by atoms with van der Waals surface area (Å²) >= 11 is 0. The number of aryl methyl sites for hydroxylation is 1. The van der Waals surface area contributed by atoms with Crippen LogP contribution in [0.25, 0.3) is 11.3 Å². The zero-order valence-corrected chi connectivity index (χ0v) is 14.3. The Labute approximate surface area is 135 Å². The molecule has 0 aliphatic heterocycles. The van der Waals surface area contributed by atoms with Crippen LogP contribution < -0.4 is 5.56 Å². The standard InChI is InChI=1S/C17H25N3O3/c1-5-7-8-9-12-15(19-20-16(12)21)13-10(3)14(18-11(13)4)17(22)23-6-2/h18H,5-9H2,1-4H3,(H2,19,20,21). The van der Waals surface area contributed by atoms with Crippen LogP contribution in [0.4, 0.5) is 0 Å². The van der Waals surface area contributed by atoms with E-state index in [1.807, 2.05) is 13.8 Å². The van der Waals surface area contributed by atoms with Gasteiger partial charge in [0, 0.05) is 16.8 Å². The molecule has 2 aromatic heterocycles. The maximum absolute atomic E-state index is 12.1. The number of H-pyrrole nitrogens is 3. The molecule has 0 unspecified atom stereocenters. The molecule has 0 aromatic carbocycles. The number of esters is 1. The Morgan fingerprint density at radius 3 is 2.52 bits per heavy atom. The Morgan fingerprint density at radius 2 is 1.87 bits per heavy atom. The fourth-order valence-electron chi connectivity index (χ4n) is 2.92. The molecule has 3 N–H and O–H groups in total. The number of nitrogens with one attached hydrogen (secondary N) is 3. The minimum absolute atomic E-state index is 0.0891. The lowest BCUT2D eigenvalue weighted by atomic mass is 10.00. The zero-order chi connectivity index (χ0) is 17.0. The number of aromatic nitrogens is 3. The number of rotatable bonds is 7. The van der Waals surface area contributed by atoms with Crippen LogP contribution in [-0.2, 0) is 11.2 Å². The van der Waals surface area contributed by atoms with Gasteiger partial charge in [-0.2, -0.15) is 0 Å². The van der Waals surface area contributed by atoms with E-state index in [4.69, 9.17) is 4.74 Å². The van der Waals surface area contributed by atoms with Crippen LogP contribution in [0, 0.1) is 13.8 Å². The van der Waals surface area contributed by atoms with E-state index in [2.05, 4.69) is 22.1 Å². The molecular formula is C17H25N3O3. The fourth-order valence-corrected chi connectivity index (χ4v) is 2.92. The molecule has 0 aliphatic carbocycles. The molecule has 0 bridgehead atoms. The van der Waals surface area contributed by atoms with E-state index in [0.29, 0.717) is 12.3 Å². The first-order valence-corrected chi connectivity index (χ1v) is 8.17. The van der Waals surface area contributed by atoms with Gasteiger partial charge in [-0.3, -0.25) is 15.0 Å². The molecule has 0 saturated heterocycles. The molecule has 0 fully saturated rings. The summed E-state index contributed by atoms with van der Waals surface area (Å²) in [5.74, 6) is -0.371. The highest BCUT2D eigenvalue weighted by Gasteiger charge is 2.23. The predicted octanol–water partition coefficient (Wildman–Crippen LogP) is 3.22. The molecule has 2 aromatic rings. The van der Waals surface area contributed by atoms with Crippen molar-refractivity contribution in [2.24, 2.45) is 0 Å². The third kappa shape index (κ3) is 3.41. The van der Waals surface area contributed by atoms with E-state index in [-0.39, 0.29) is 11.5 Å². The lowest BCUT2D eigenvalue weighted by Crippen LogP contribution is -2.07. The van der Waals surface area contributed by atoms with Gasteiger partial charge in [-0.05, 0) is 39.2 Å². The van der Waals surface area contributed by atoms with Gasteiger partial charge in [-0.25, -0.2) is 4.79 Å². The van der Waals surface area contributed by atoms with Gasteiger partial charge in [0.15, 0.2) is 0 Å². The van der Waals surface area contributed by atoms with Gasteiger partial charge in [-0.15, -0.1) is 0 Å². The number of aromatic amines is 3. The van der Waals surface area contributed by atoms with Crippen molar-refractivity contribution in [3.05, 3.63) is 32.9 Å². The van der Waals surface area contributed by atoms with Crippen molar-refractivity contribution in [3.8, 4) is 11.3 Å². The Balaban J connectivity index is 2.43. The van der Waals surface area contributed by atoms with Gasteiger partial charge in [0.05, 0.1) is 12.3 Å². The van der Waals surface area contributed by atoms with E-state index in [1.54, 1.807) is 6.92 Å².